The highest BCUT2D eigenvalue weighted by Crippen LogP contribution is 2.28. The van der Waals surface area contributed by atoms with Crippen LogP contribution in [0, 0.1) is 12.8 Å². The van der Waals surface area contributed by atoms with Gasteiger partial charge in [-0.2, -0.15) is 5.10 Å². The number of rotatable bonds is 4. The Kier molecular flexibility index (Phi) is 3.65. The van der Waals surface area contributed by atoms with E-state index in [2.05, 4.69) is 41.6 Å². The summed E-state index contributed by atoms with van der Waals surface area (Å²) in [6.45, 7) is 3.98. The summed E-state index contributed by atoms with van der Waals surface area (Å²) in [7, 11) is 0. The van der Waals surface area contributed by atoms with Crippen LogP contribution in [0.2, 0.25) is 0 Å². The van der Waals surface area contributed by atoms with Gasteiger partial charge < -0.3 is 10.1 Å². The highest BCUT2D eigenvalue weighted by Gasteiger charge is 2.25. The highest BCUT2D eigenvalue weighted by molar-refractivity contribution is 5.92. The number of amides is 1. The Morgan fingerprint density at radius 2 is 2.13 bits per heavy atom. The zero-order valence-corrected chi connectivity index (χ0v) is 13.3. The number of ether oxygens (including phenoxy) is 1. The molecule has 1 atom stereocenters. The number of hydrogen-bond acceptors (Lipinski definition) is 3. The number of nitrogens with one attached hydrogen (secondary N) is 1. The SMILES string of the molecule is Cc1ccc([C@@H]2Cn3nc(C(=O)NCC4CC4)cc3CO2)cc1. The lowest BCUT2D eigenvalue weighted by atomic mass is 10.1. The number of nitrogens with zero attached hydrogens (tertiary/aromatic N) is 2. The van der Waals surface area contributed by atoms with E-state index < -0.39 is 0 Å². The molecule has 4 rings (SSSR count). The number of aromatic nitrogens is 2. The van der Waals surface area contributed by atoms with Crippen LogP contribution in [0.15, 0.2) is 30.3 Å². The molecule has 1 aliphatic heterocycles. The van der Waals surface area contributed by atoms with Crippen LogP contribution in [0.1, 0.15) is 46.3 Å². The van der Waals surface area contributed by atoms with Crippen molar-refractivity contribution in [2.24, 2.45) is 5.92 Å². The third-order valence-electron chi connectivity index (χ3n) is 4.56. The van der Waals surface area contributed by atoms with Crippen molar-refractivity contribution in [1.82, 2.24) is 15.1 Å². The molecule has 0 bridgehead atoms. The van der Waals surface area contributed by atoms with Crippen LogP contribution in [0.4, 0.5) is 0 Å². The third kappa shape index (κ3) is 3.15. The van der Waals surface area contributed by atoms with Gasteiger partial charge in [-0.1, -0.05) is 29.8 Å². The second-order valence-electron chi connectivity index (χ2n) is 6.57. The van der Waals surface area contributed by atoms with Crippen LogP contribution < -0.4 is 5.32 Å². The lowest BCUT2D eigenvalue weighted by Gasteiger charge is -2.24. The fraction of sp³-hybridized carbons (Fsp3) is 0.444. The minimum Gasteiger partial charge on any atom is -0.365 e. The monoisotopic (exact) mass is 311 g/mol. The first-order valence-electron chi connectivity index (χ1n) is 8.22. The van der Waals surface area contributed by atoms with E-state index in [0.717, 1.165) is 17.8 Å². The fourth-order valence-corrected chi connectivity index (χ4v) is 2.87. The molecule has 0 unspecified atom stereocenters. The fourth-order valence-electron chi connectivity index (χ4n) is 2.87. The minimum atomic E-state index is -0.0781. The van der Waals surface area contributed by atoms with Crippen molar-refractivity contribution in [3.05, 3.63) is 52.8 Å². The maximum Gasteiger partial charge on any atom is 0.271 e. The van der Waals surface area contributed by atoms with Gasteiger partial charge in [-0.25, -0.2) is 0 Å². The predicted molar refractivity (Wildman–Crippen MR) is 86.0 cm³/mol. The minimum absolute atomic E-state index is 0.00891. The molecule has 1 N–H and O–H groups in total. The van der Waals surface area contributed by atoms with E-state index in [1.54, 1.807) is 0 Å². The largest absolute Gasteiger partial charge is 0.365 e. The Labute approximate surface area is 135 Å². The molecule has 1 fully saturated rings. The van der Waals surface area contributed by atoms with Crippen molar-refractivity contribution in [2.45, 2.75) is 39.0 Å². The van der Waals surface area contributed by atoms with Crippen LogP contribution in [-0.2, 0) is 17.9 Å². The lowest BCUT2D eigenvalue weighted by Crippen LogP contribution is -2.26. The zero-order chi connectivity index (χ0) is 15.8. The number of benzene rings is 1. The lowest BCUT2D eigenvalue weighted by molar-refractivity contribution is -0.00120. The topological polar surface area (TPSA) is 56.2 Å². The second-order valence-corrected chi connectivity index (χ2v) is 6.57. The highest BCUT2D eigenvalue weighted by atomic mass is 16.5. The molecule has 2 aliphatic rings. The van der Waals surface area contributed by atoms with Crippen LogP contribution in [-0.4, -0.2) is 22.2 Å². The average molecular weight is 311 g/mol. The molecule has 1 aliphatic carbocycles. The summed E-state index contributed by atoms with van der Waals surface area (Å²) in [5.41, 5.74) is 3.84. The van der Waals surface area contributed by atoms with E-state index in [0.29, 0.717) is 24.8 Å². The van der Waals surface area contributed by atoms with Crippen molar-refractivity contribution in [3.63, 3.8) is 0 Å². The molecule has 2 heterocycles. The van der Waals surface area contributed by atoms with Crippen LogP contribution in [0.5, 0.6) is 0 Å². The van der Waals surface area contributed by atoms with Crippen molar-refractivity contribution in [3.8, 4) is 0 Å². The Morgan fingerprint density at radius 1 is 1.35 bits per heavy atom. The number of hydrogen-bond donors (Lipinski definition) is 1. The Hall–Kier alpha value is -2.14. The molecule has 0 spiro atoms. The molecule has 5 heteroatoms. The number of aryl methyl sites for hydroxylation is 1. The maximum atomic E-state index is 12.2. The first-order chi connectivity index (χ1) is 11.2. The van der Waals surface area contributed by atoms with Gasteiger partial charge in [0.05, 0.1) is 18.8 Å². The van der Waals surface area contributed by atoms with Gasteiger partial charge in [0, 0.05) is 6.54 Å². The summed E-state index contributed by atoms with van der Waals surface area (Å²) in [5.74, 6) is 0.594. The number of carbonyl (C=O) groups is 1. The third-order valence-corrected chi connectivity index (χ3v) is 4.56. The van der Waals surface area contributed by atoms with E-state index >= 15 is 0 Å². The van der Waals surface area contributed by atoms with Crippen LogP contribution in [0.3, 0.4) is 0 Å². The number of carbonyl (C=O) groups excluding carboxylic acids is 1. The molecule has 5 nitrogen and oxygen atoms in total. The molecule has 1 aromatic carbocycles. The van der Waals surface area contributed by atoms with Crippen molar-refractivity contribution in [1.29, 1.82) is 0 Å². The Bertz CT molecular complexity index is 716. The standard InChI is InChI=1S/C18H21N3O2/c1-12-2-6-14(7-3-12)17-10-21-15(11-23-17)8-16(20-21)18(22)19-9-13-4-5-13/h2-3,6-8,13,17H,4-5,9-11H2,1H3,(H,19,22)/t17-/m0/s1. The van der Waals surface area contributed by atoms with Gasteiger partial charge in [0.1, 0.15) is 6.10 Å². The van der Waals surface area contributed by atoms with Crippen molar-refractivity contribution < 1.29 is 9.53 Å². The summed E-state index contributed by atoms with van der Waals surface area (Å²) < 4.78 is 7.84. The van der Waals surface area contributed by atoms with E-state index in [4.69, 9.17) is 4.74 Å². The van der Waals surface area contributed by atoms with Gasteiger partial charge in [-0.15, -0.1) is 0 Å². The smallest absolute Gasteiger partial charge is 0.271 e. The molecule has 0 radical (unpaired) electrons. The molecule has 1 saturated carbocycles. The van der Waals surface area contributed by atoms with Gasteiger partial charge in [0.2, 0.25) is 0 Å². The second kappa shape index (κ2) is 5.81. The molecule has 23 heavy (non-hydrogen) atoms. The van der Waals surface area contributed by atoms with Crippen LogP contribution in [0.25, 0.3) is 0 Å². The molecule has 2 aromatic rings. The molecule has 120 valence electrons. The predicted octanol–water partition coefficient (Wildman–Crippen LogP) is 2.60. The van der Waals surface area contributed by atoms with E-state index in [9.17, 15) is 4.79 Å². The van der Waals surface area contributed by atoms with Crippen LogP contribution >= 0.6 is 0 Å². The average Bonchev–Trinajstić information content (AvgIpc) is 3.29. The zero-order valence-electron chi connectivity index (χ0n) is 13.3. The van der Waals surface area contributed by atoms with Crippen molar-refractivity contribution in [2.75, 3.05) is 6.54 Å². The molecule has 1 aromatic heterocycles. The first-order valence-corrected chi connectivity index (χ1v) is 8.22. The van der Waals surface area contributed by atoms with E-state index in [-0.39, 0.29) is 12.0 Å². The summed E-state index contributed by atoms with van der Waals surface area (Å²) in [6.07, 6.45) is 2.45. The normalized spacial score (nSPS) is 20.1. The first kappa shape index (κ1) is 14.5. The van der Waals surface area contributed by atoms with E-state index in [1.807, 2.05) is 10.7 Å². The van der Waals surface area contributed by atoms with Crippen molar-refractivity contribution >= 4 is 5.91 Å². The summed E-state index contributed by atoms with van der Waals surface area (Å²) >= 11 is 0. The van der Waals surface area contributed by atoms with Gasteiger partial charge in [-0.3, -0.25) is 9.48 Å². The summed E-state index contributed by atoms with van der Waals surface area (Å²) in [5, 5.41) is 7.43. The molecular weight excluding hydrogens is 290 g/mol. The summed E-state index contributed by atoms with van der Waals surface area (Å²) in [4.78, 5) is 12.2. The van der Waals surface area contributed by atoms with Gasteiger partial charge in [0.15, 0.2) is 5.69 Å². The van der Waals surface area contributed by atoms with E-state index in [1.165, 1.54) is 18.4 Å². The quantitative estimate of drug-likeness (QED) is 0.944. The number of fused-ring (bicyclic) bond motifs is 1. The van der Waals surface area contributed by atoms with Gasteiger partial charge >= 0.3 is 0 Å². The Morgan fingerprint density at radius 3 is 2.87 bits per heavy atom. The summed E-state index contributed by atoms with van der Waals surface area (Å²) in [6, 6.07) is 10.2. The van der Waals surface area contributed by atoms with Gasteiger partial charge in [-0.05, 0) is 37.3 Å². The molecule has 0 saturated heterocycles. The maximum absolute atomic E-state index is 12.2. The molecule has 1 amide bonds. The Balaban J connectivity index is 1.46. The molecular formula is C18H21N3O2. The van der Waals surface area contributed by atoms with Gasteiger partial charge in [0.25, 0.3) is 5.91 Å².